The fourth-order valence-electron chi connectivity index (χ4n) is 1.75. The molecular weight excluding hydrogens is 158 g/mol. The fraction of sp³-hybridized carbons (Fsp3) is 1.00. The molecule has 80 valence electrons. The molecule has 0 saturated heterocycles. The van der Waals surface area contributed by atoms with Gasteiger partial charge < -0.3 is 4.90 Å². The van der Waals surface area contributed by atoms with E-state index in [-0.39, 0.29) is 0 Å². The highest BCUT2D eigenvalue weighted by atomic mass is 15.0. The van der Waals surface area contributed by atoms with Crippen LogP contribution < -0.4 is 0 Å². The van der Waals surface area contributed by atoms with Crippen LogP contribution in [-0.2, 0) is 0 Å². The standard InChI is InChI=1S/C12H27N/c1-6-8-11(2)12(3)9-7-10-13(4)5/h11-12H,6-10H2,1-5H3. The molecule has 0 N–H and O–H groups in total. The topological polar surface area (TPSA) is 3.24 Å². The van der Waals surface area contributed by atoms with Crippen molar-refractivity contribution >= 4 is 0 Å². The van der Waals surface area contributed by atoms with Crippen LogP contribution >= 0.6 is 0 Å². The van der Waals surface area contributed by atoms with E-state index in [0.717, 1.165) is 11.8 Å². The van der Waals surface area contributed by atoms with Crippen LogP contribution in [0.15, 0.2) is 0 Å². The van der Waals surface area contributed by atoms with Crippen molar-refractivity contribution < 1.29 is 0 Å². The molecule has 0 aliphatic heterocycles. The quantitative estimate of drug-likeness (QED) is 0.587. The third kappa shape index (κ3) is 7.06. The van der Waals surface area contributed by atoms with Gasteiger partial charge in [-0.05, 0) is 45.3 Å². The molecule has 0 rings (SSSR count). The molecule has 0 heterocycles. The molecule has 0 bridgehead atoms. The van der Waals surface area contributed by atoms with E-state index >= 15 is 0 Å². The summed E-state index contributed by atoms with van der Waals surface area (Å²) in [5.74, 6) is 1.81. The first-order chi connectivity index (χ1) is 6.07. The Morgan fingerprint density at radius 3 is 2.00 bits per heavy atom. The average molecular weight is 185 g/mol. The fourth-order valence-corrected chi connectivity index (χ4v) is 1.75. The lowest BCUT2D eigenvalue weighted by Crippen LogP contribution is -2.15. The highest BCUT2D eigenvalue weighted by molar-refractivity contribution is 4.62. The van der Waals surface area contributed by atoms with Crippen LogP contribution in [-0.4, -0.2) is 25.5 Å². The van der Waals surface area contributed by atoms with E-state index in [9.17, 15) is 0 Å². The molecule has 13 heavy (non-hydrogen) atoms. The Hall–Kier alpha value is -0.0400. The summed E-state index contributed by atoms with van der Waals surface area (Å²) in [5.41, 5.74) is 0. The lowest BCUT2D eigenvalue weighted by molar-refractivity contribution is 0.309. The molecule has 0 fully saturated rings. The zero-order valence-electron chi connectivity index (χ0n) is 10.1. The lowest BCUT2D eigenvalue weighted by Gasteiger charge is -2.20. The van der Waals surface area contributed by atoms with E-state index in [2.05, 4.69) is 39.8 Å². The molecule has 2 atom stereocenters. The Morgan fingerprint density at radius 1 is 1.00 bits per heavy atom. The summed E-state index contributed by atoms with van der Waals surface area (Å²) in [6, 6.07) is 0. The minimum Gasteiger partial charge on any atom is -0.309 e. The minimum absolute atomic E-state index is 0.903. The zero-order chi connectivity index (χ0) is 10.3. The maximum absolute atomic E-state index is 2.40. The van der Waals surface area contributed by atoms with Gasteiger partial charge in [0.15, 0.2) is 0 Å². The second-order valence-corrected chi connectivity index (χ2v) is 4.69. The monoisotopic (exact) mass is 185 g/mol. The van der Waals surface area contributed by atoms with Crippen molar-refractivity contribution in [3.63, 3.8) is 0 Å². The predicted molar refractivity (Wildman–Crippen MR) is 61.0 cm³/mol. The number of nitrogens with zero attached hydrogens (tertiary/aromatic N) is 1. The Kier molecular flexibility index (Phi) is 7.35. The van der Waals surface area contributed by atoms with Crippen molar-refractivity contribution in [2.75, 3.05) is 20.6 Å². The summed E-state index contributed by atoms with van der Waals surface area (Å²) in [5, 5.41) is 0. The second-order valence-electron chi connectivity index (χ2n) is 4.69. The first-order valence-corrected chi connectivity index (χ1v) is 5.72. The van der Waals surface area contributed by atoms with Crippen molar-refractivity contribution in [3.05, 3.63) is 0 Å². The third-order valence-electron chi connectivity index (χ3n) is 2.98. The molecule has 0 amide bonds. The molecular formula is C12H27N. The smallest absolute Gasteiger partial charge is 0.00247 e. The molecule has 1 heteroatoms. The molecule has 1 nitrogen and oxygen atoms in total. The molecule has 0 aliphatic rings. The number of hydrogen-bond donors (Lipinski definition) is 0. The van der Waals surface area contributed by atoms with E-state index in [1.54, 1.807) is 0 Å². The number of hydrogen-bond acceptors (Lipinski definition) is 1. The molecule has 0 aromatic rings. The molecule has 0 aromatic heterocycles. The summed E-state index contributed by atoms with van der Waals surface area (Å²) in [6.45, 7) is 8.31. The van der Waals surface area contributed by atoms with Gasteiger partial charge in [0, 0.05) is 0 Å². The maximum Gasteiger partial charge on any atom is -0.00247 e. The third-order valence-corrected chi connectivity index (χ3v) is 2.98. The SMILES string of the molecule is CCCC(C)C(C)CCCN(C)C. The van der Waals surface area contributed by atoms with E-state index in [1.165, 1.54) is 32.2 Å². The maximum atomic E-state index is 2.40. The molecule has 0 aliphatic carbocycles. The average Bonchev–Trinajstić information content (AvgIpc) is 2.04. The van der Waals surface area contributed by atoms with E-state index in [0.29, 0.717) is 0 Å². The Bertz CT molecular complexity index is 110. The number of rotatable bonds is 7. The largest absolute Gasteiger partial charge is 0.309 e. The van der Waals surface area contributed by atoms with Gasteiger partial charge in [-0.2, -0.15) is 0 Å². The first-order valence-electron chi connectivity index (χ1n) is 5.72. The lowest BCUT2D eigenvalue weighted by atomic mass is 9.88. The second kappa shape index (κ2) is 7.37. The first kappa shape index (κ1) is 13.0. The highest BCUT2D eigenvalue weighted by Crippen LogP contribution is 2.21. The Labute approximate surface area is 84.5 Å². The summed E-state index contributed by atoms with van der Waals surface area (Å²) in [6.07, 6.45) is 5.46. The van der Waals surface area contributed by atoms with Gasteiger partial charge in [0.2, 0.25) is 0 Å². The van der Waals surface area contributed by atoms with E-state index < -0.39 is 0 Å². The van der Waals surface area contributed by atoms with Crippen molar-refractivity contribution in [1.29, 1.82) is 0 Å². The van der Waals surface area contributed by atoms with Gasteiger partial charge in [-0.3, -0.25) is 0 Å². The van der Waals surface area contributed by atoms with Crippen LogP contribution in [0, 0.1) is 11.8 Å². The van der Waals surface area contributed by atoms with Gasteiger partial charge in [-0.15, -0.1) is 0 Å². The van der Waals surface area contributed by atoms with Gasteiger partial charge in [0.1, 0.15) is 0 Å². The van der Waals surface area contributed by atoms with Crippen molar-refractivity contribution in [3.8, 4) is 0 Å². The summed E-state index contributed by atoms with van der Waals surface area (Å²) in [7, 11) is 4.31. The highest BCUT2D eigenvalue weighted by Gasteiger charge is 2.10. The van der Waals surface area contributed by atoms with Crippen LogP contribution in [0.1, 0.15) is 46.5 Å². The van der Waals surface area contributed by atoms with Crippen molar-refractivity contribution in [2.24, 2.45) is 11.8 Å². The van der Waals surface area contributed by atoms with Crippen LogP contribution in [0.5, 0.6) is 0 Å². The normalized spacial score (nSPS) is 16.2. The Balaban J connectivity index is 3.43. The van der Waals surface area contributed by atoms with Gasteiger partial charge in [-0.25, -0.2) is 0 Å². The van der Waals surface area contributed by atoms with Crippen molar-refractivity contribution in [2.45, 2.75) is 46.5 Å². The molecule has 0 saturated carbocycles. The molecule has 0 spiro atoms. The van der Waals surface area contributed by atoms with E-state index in [4.69, 9.17) is 0 Å². The molecule has 0 radical (unpaired) electrons. The van der Waals surface area contributed by atoms with Crippen LogP contribution in [0.2, 0.25) is 0 Å². The summed E-state index contributed by atoms with van der Waals surface area (Å²) < 4.78 is 0. The zero-order valence-corrected chi connectivity index (χ0v) is 10.1. The predicted octanol–water partition coefficient (Wildman–Crippen LogP) is 3.40. The van der Waals surface area contributed by atoms with Crippen LogP contribution in [0.4, 0.5) is 0 Å². The van der Waals surface area contributed by atoms with Crippen LogP contribution in [0.25, 0.3) is 0 Å². The summed E-state index contributed by atoms with van der Waals surface area (Å²) in [4.78, 5) is 2.28. The Morgan fingerprint density at radius 2 is 1.54 bits per heavy atom. The van der Waals surface area contributed by atoms with Gasteiger partial charge in [0.05, 0.1) is 0 Å². The van der Waals surface area contributed by atoms with Crippen molar-refractivity contribution in [1.82, 2.24) is 4.90 Å². The van der Waals surface area contributed by atoms with Crippen LogP contribution in [0.3, 0.4) is 0 Å². The molecule has 2 unspecified atom stereocenters. The van der Waals surface area contributed by atoms with Gasteiger partial charge >= 0.3 is 0 Å². The minimum atomic E-state index is 0.903. The summed E-state index contributed by atoms with van der Waals surface area (Å²) >= 11 is 0. The molecule has 0 aromatic carbocycles. The van der Waals surface area contributed by atoms with E-state index in [1.807, 2.05) is 0 Å². The van der Waals surface area contributed by atoms with Gasteiger partial charge in [-0.1, -0.05) is 33.6 Å². The van der Waals surface area contributed by atoms with Gasteiger partial charge in [0.25, 0.3) is 0 Å².